The van der Waals surface area contributed by atoms with Gasteiger partial charge in [0.2, 0.25) is 0 Å². The van der Waals surface area contributed by atoms with E-state index in [1.807, 2.05) is 38.3 Å². The molecule has 0 saturated carbocycles. The summed E-state index contributed by atoms with van der Waals surface area (Å²) < 4.78 is 23.6. The monoisotopic (exact) mass is 296 g/mol. The van der Waals surface area contributed by atoms with Gasteiger partial charge >= 0.3 is 0 Å². The molecule has 2 aliphatic rings. The molecule has 0 unspecified atom stereocenters. The maximum Gasteiger partial charge on any atom is 0.190 e. The second kappa shape index (κ2) is 5.58. The van der Waals surface area contributed by atoms with Crippen molar-refractivity contribution in [1.29, 1.82) is 0 Å². The smallest absolute Gasteiger partial charge is 0.190 e. The summed E-state index contributed by atoms with van der Waals surface area (Å²) in [6, 6.07) is 2.07. The summed E-state index contributed by atoms with van der Waals surface area (Å²) in [5.41, 5.74) is 1.18. The van der Waals surface area contributed by atoms with Gasteiger partial charge in [-0.3, -0.25) is 0 Å². The van der Waals surface area contributed by atoms with E-state index in [9.17, 15) is 0 Å². The second-order valence-corrected chi connectivity index (χ2v) is 6.28. The highest BCUT2D eigenvalue weighted by molar-refractivity contribution is 7.07. The summed E-state index contributed by atoms with van der Waals surface area (Å²) in [5.74, 6) is -0.611. The molecule has 110 valence electrons. The van der Waals surface area contributed by atoms with Crippen LogP contribution in [-0.4, -0.2) is 30.4 Å². The standard InChI is InChI=1S/C15H20O4S/c1-4-5-11-12(16-8-10-6-7-20-9-10)13-14(17-11)19-15(2,3)18-13/h4-7,9,11-14H,8H2,1-3H3/t11-,12+,13-,14-/m1/s1. The van der Waals surface area contributed by atoms with Crippen LogP contribution in [0.2, 0.25) is 0 Å². The molecule has 0 spiro atoms. The molecule has 0 N–H and O–H groups in total. The summed E-state index contributed by atoms with van der Waals surface area (Å²) >= 11 is 1.67. The average Bonchev–Trinajstić information content (AvgIpc) is 3.03. The van der Waals surface area contributed by atoms with Crippen LogP contribution in [0.25, 0.3) is 0 Å². The Morgan fingerprint density at radius 2 is 2.25 bits per heavy atom. The summed E-state index contributed by atoms with van der Waals surface area (Å²) in [4.78, 5) is 0. The number of fused-ring (bicyclic) bond motifs is 1. The predicted octanol–water partition coefficient (Wildman–Crippen LogP) is 3.09. The SMILES string of the molecule is CC=C[C@H]1O[C@@H]2OC(C)(C)O[C@@H]2[C@H]1OCc1ccsc1. The highest BCUT2D eigenvalue weighted by atomic mass is 32.1. The van der Waals surface area contributed by atoms with Gasteiger partial charge in [0.1, 0.15) is 18.3 Å². The van der Waals surface area contributed by atoms with Crippen molar-refractivity contribution in [3.05, 3.63) is 34.5 Å². The molecule has 0 aromatic carbocycles. The van der Waals surface area contributed by atoms with Crippen LogP contribution in [0.15, 0.2) is 29.0 Å². The van der Waals surface area contributed by atoms with Crippen molar-refractivity contribution < 1.29 is 18.9 Å². The molecule has 3 heterocycles. The van der Waals surface area contributed by atoms with E-state index in [0.717, 1.165) is 0 Å². The van der Waals surface area contributed by atoms with Crippen molar-refractivity contribution in [2.24, 2.45) is 0 Å². The molecule has 5 heteroatoms. The minimum atomic E-state index is -0.611. The summed E-state index contributed by atoms with van der Waals surface area (Å²) in [6.45, 7) is 6.34. The van der Waals surface area contributed by atoms with Crippen LogP contribution in [0, 0.1) is 0 Å². The third-order valence-electron chi connectivity index (χ3n) is 3.43. The van der Waals surface area contributed by atoms with E-state index in [1.54, 1.807) is 11.3 Å². The molecular weight excluding hydrogens is 276 g/mol. The number of hydrogen-bond donors (Lipinski definition) is 0. The van der Waals surface area contributed by atoms with Crippen LogP contribution in [0.5, 0.6) is 0 Å². The second-order valence-electron chi connectivity index (χ2n) is 5.50. The third-order valence-corrected chi connectivity index (χ3v) is 4.16. The Hall–Kier alpha value is -0.720. The lowest BCUT2D eigenvalue weighted by Crippen LogP contribution is -2.36. The van der Waals surface area contributed by atoms with Crippen LogP contribution in [0.3, 0.4) is 0 Å². The first-order chi connectivity index (χ1) is 9.59. The van der Waals surface area contributed by atoms with Crippen LogP contribution in [0.1, 0.15) is 26.3 Å². The molecule has 0 radical (unpaired) electrons. The molecule has 2 saturated heterocycles. The summed E-state index contributed by atoms with van der Waals surface area (Å²) in [7, 11) is 0. The fourth-order valence-corrected chi connectivity index (χ4v) is 3.26. The predicted molar refractivity (Wildman–Crippen MR) is 76.4 cm³/mol. The fraction of sp³-hybridized carbons (Fsp3) is 0.600. The van der Waals surface area contributed by atoms with Gasteiger partial charge in [0.15, 0.2) is 12.1 Å². The number of hydrogen-bond acceptors (Lipinski definition) is 5. The van der Waals surface area contributed by atoms with Crippen molar-refractivity contribution in [1.82, 2.24) is 0 Å². The first-order valence-electron chi connectivity index (χ1n) is 6.86. The van der Waals surface area contributed by atoms with Gasteiger partial charge in [0.25, 0.3) is 0 Å². The van der Waals surface area contributed by atoms with Crippen molar-refractivity contribution >= 4 is 11.3 Å². The Morgan fingerprint density at radius 3 is 2.95 bits per heavy atom. The number of allylic oxidation sites excluding steroid dienone is 1. The zero-order valence-electron chi connectivity index (χ0n) is 11.9. The zero-order valence-corrected chi connectivity index (χ0v) is 12.8. The molecule has 4 nitrogen and oxygen atoms in total. The maximum atomic E-state index is 6.05. The van der Waals surface area contributed by atoms with Gasteiger partial charge < -0.3 is 18.9 Å². The van der Waals surface area contributed by atoms with Crippen LogP contribution < -0.4 is 0 Å². The molecule has 0 amide bonds. The summed E-state index contributed by atoms with van der Waals surface area (Å²) in [6.07, 6.45) is 3.18. The lowest BCUT2D eigenvalue weighted by molar-refractivity contribution is -0.213. The van der Waals surface area contributed by atoms with Gasteiger partial charge in [-0.2, -0.15) is 11.3 Å². The van der Waals surface area contributed by atoms with E-state index < -0.39 is 5.79 Å². The third kappa shape index (κ3) is 2.82. The Bertz CT molecular complexity index is 468. The fourth-order valence-electron chi connectivity index (χ4n) is 2.61. The Morgan fingerprint density at radius 1 is 1.40 bits per heavy atom. The Labute approximate surface area is 123 Å². The highest BCUT2D eigenvalue weighted by Crippen LogP contribution is 2.39. The first kappa shape index (κ1) is 14.2. The van der Waals surface area contributed by atoms with Gasteiger partial charge in [-0.05, 0) is 43.2 Å². The van der Waals surface area contributed by atoms with Gasteiger partial charge in [-0.15, -0.1) is 0 Å². The minimum absolute atomic E-state index is 0.121. The number of thiophene rings is 1. The lowest BCUT2D eigenvalue weighted by Gasteiger charge is -2.24. The maximum absolute atomic E-state index is 6.05. The van der Waals surface area contributed by atoms with E-state index in [0.29, 0.717) is 6.61 Å². The van der Waals surface area contributed by atoms with E-state index in [-0.39, 0.29) is 24.6 Å². The molecule has 3 rings (SSSR count). The van der Waals surface area contributed by atoms with Crippen LogP contribution >= 0.6 is 11.3 Å². The number of ether oxygens (including phenoxy) is 4. The molecule has 0 aliphatic carbocycles. The minimum Gasteiger partial charge on any atom is -0.368 e. The van der Waals surface area contributed by atoms with Crippen molar-refractivity contribution in [3.8, 4) is 0 Å². The molecule has 1 aromatic rings. The quantitative estimate of drug-likeness (QED) is 0.800. The molecule has 2 fully saturated rings. The largest absolute Gasteiger partial charge is 0.368 e. The van der Waals surface area contributed by atoms with Gasteiger partial charge in [0, 0.05) is 0 Å². The van der Waals surface area contributed by atoms with Gasteiger partial charge in [-0.1, -0.05) is 12.2 Å². The zero-order chi connectivity index (χ0) is 14.2. The van der Waals surface area contributed by atoms with Crippen LogP contribution in [-0.2, 0) is 25.6 Å². The van der Waals surface area contributed by atoms with Crippen molar-refractivity contribution in [2.45, 2.75) is 57.8 Å². The van der Waals surface area contributed by atoms with Crippen molar-refractivity contribution in [3.63, 3.8) is 0 Å². The van der Waals surface area contributed by atoms with E-state index >= 15 is 0 Å². The molecule has 1 aromatic heterocycles. The lowest BCUT2D eigenvalue weighted by atomic mass is 10.1. The molecule has 20 heavy (non-hydrogen) atoms. The van der Waals surface area contributed by atoms with E-state index in [1.165, 1.54) is 5.56 Å². The highest BCUT2D eigenvalue weighted by Gasteiger charge is 2.54. The molecule has 2 aliphatic heterocycles. The van der Waals surface area contributed by atoms with Gasteiger partial charge in [-0.25, -0.2) is 0 Å². The van der Waals surface area contributed by atoms with Crippen LogP contribution in [0.4, 0.5) is 0 Å². The number of rotatable bonds is 4. The first-order valence-corrected chi connectivity index (χ1v) is 7.80. The van der Waals surface area contributed by atoms with E-state index in [2.05, 4.69) is 11.4 Å². The van der Waals surface area contributed by atoms with Gasteiger partial charge in [0.05, 0.1) is 6.61 Å². The normalized spacial score (nSPS) is 35.8. The average molecular weight is 296 g/mol. The topological polar surface area (TPSA) is 36.9 Å². The summed E-state index contributed by atoms with van der Waals surface area (Å²) in [5, 5.41) is 4.14. The Balaban J connectivity index is 1.70. The molecular formula is C15H20O4S. The van der Waals surface area contributed by atoms with E-state index in [4.69, 9.17) is 18.9 Å². The van der Waals surface area contributed by atoms with Crippen molar-refractivity contribution in [2.75, 3.05) is 0 Å². The molecule has 0 bridgehead atoms. The molecule has 4 atom stereocenters. The Kier molecular flexibility index (Phi) is 3.97.